The molecule has 0 aliphatic carbocycles. The molecule has 140 valence electrons. The Hall–Kier alpha value is -1.78. The van der Waals surface area contributed by atoms with Crippen molar-refractivity contribution in [2.45, 2.75) is 38.1 Å². The summed E-state index contributed by atoms with van der Waals surface area (Å²) in [6.07, 6.45) is 2.34. The van der Waals surface area contributed by atoms with Crippen LogP contribution in [0.2, 0.25) is 5.02 Å². The number of nitrogens with one attached hydrogen (secondary N) is 1. The summed E-state index contributed by atoms with van der Waals surface area (Å²) in [5.74, 6) is 0.453. The summed E-state index contributed by atoms with van der Waals surface area (Å²) in [5.41, 5.74) is 0. The molecule has 1 saturated heterocycles. The van der Waals surface area contributed by atoms with Crippen LogP contribution in [0.25, 0.3) is 0 Å². The van der Waals surface area contributed by atoms with E-state index in [1.165, 1.54) is 0 Å². The van der Waals surface area contributed by atoms with Crippen molar-refractivity contribution in [3.05, 3.63) is 27.7 Å². The molecule has 1 aromatic carbocycles. The van der Waals surface area contributed by atoms with Crippen LogP contribution in [0.4, 0.5) is 0 Å². The molecule has 1 aliphatic heterocycles. The lowest BCUT2D eigenvalue weighted by atomic mass is 10.0. The standard InChI is InChI=1S/C18H21BrClN3O3/c19-13-3-4-16(15(20)12-13)26-11-1-2-18(25)23-9-6-14(7-10-23)22-17(24)5-8-21/h3-4,12,14H,1-2,5-7,9-11H2,(H,22,24). The maximum absolute atomic E-state index is 12.3. The molecule has 26 heavy (non-hydrogen) atoms. The highest BCUT2D eigenvalue weighted by Gasteiger charge is 2.23. The monoisotopic (exact) mass is 441 g/mol. The third-order valence-corrected chi connectivity index (χ3v) is 4.93. The van der Waals surface area contributed by atoms with E-state index >= 15 is 0 Å². The summed E-state index contributed by atoms with van der Waals surface area (Å²) in [5, 5.41) is 11.9. The fourth-order valence-corrected chi connectivity index (χ4v) is 3.51. The quantitative estimate of drug-likeness (QED) is 0.657. The molecule has 1 heterocycles. The first-order valence-corrected chi connectivity index (χ1v) is 9.68. The van der Waals surface area contributed by atoms with Crippen LogP contribution in [0, 0.1) is 11.3 Å². The smallest absolute Gasteiger partial charge is 0.234 e. The topological polar surface area (TPSA) is 82.4 Å². The second-order valence-electron chi connectivity index (χ2n) is 6.08. The number of rotatable bonds is 7. The molecule has 6 nitrogen and oxygen atoms in total. The Kier molecular flexibility index (Phi) is 8.20. The molecule has 8 heteroatoms. The molecule has 0 spiro atoms. The average molecular weight is 443 g/mol. The van der Waals surface area contributed by atoms with E-state index in [1.807, 2.05) is 17.0 Å². The Labute approximate surface area is 166 Å². The molecular formula is C18H21BrClN3O3. The van der Waals surface area contributed by atoms with Crippen molar-refractivity contribution in [2.75, 3.05) is 19.7 Å². The van der Waals surface area contributed by atoms with Gasteiger partial charge in [-0.1, -0.05) is 27.5 Å². The molecule has 1 fully saturated rings. The average Bonchev–Trinajstić information content (AvgIpc) is 2.61. The number of carbonyl (C=O) groups excluding carboxylic acids is 2. The summed E-state index contributed by atoms with van der Waals surface area (Å²) in [7, 11) is 0. The van der Waals surface area contributed by atoms with E-state index in [0.717, 1.165) is 4.47 Å². The predicted octanol–water partition coefficient (Wildman–Crippen LogP) is 3.28. The minimum absolute atomic E-state index is 0.0442. The number of piperidine rings is 1. The minimum Gasteiger partial charge on any atom is -0.492 e. The number of ether oxygens (including phenoxy) is 1. The lowest BCUT2D eigenvalue weighted by Crippen LogP contribution is -2.46. The summed E-state index contributed by atoms with van der Waals surface area (Å²) >= 11 is 9.42. The number of nitrogens with zero attached hydrogens (tertiary/aromatic N) is 2. The van der Waals surface area contributed by atoms with E-state index in [-0.39, 0.29) is 24.3 Å². The first kappa shape index (κ1) is 20.5. The number of hydrogen-bond acceptors (Lipinski definition) is 4. The molecule has 0 aromatic heterocycles. The van der Waals surface area contributed by atoms with Gasteiger partial charge in [0.1, 0.15) is 12.2 Å². The van der Waals surface area contributed by atoms with Gasteiger partial charge in [-0.3, -0.25) is 9.59 Å². The Morgan fingerprint density at radius 2 is 2.12 bits per heavy atom. The number of carbonyl (C=O) groups is 2. The SMILES string of the molecule is N#CCC(=O)NC1CCN(C(=O)CCCOc2ccc(Br)cc2Cl)CC1. The number of benzene rings is 1. The molecule has 0 unspecified atom stereocenters. The van der Waals surface area contributed by atoms with Gasteiger partial charge in [0.25, 0.3) is 0 Å². The molecule has 0 bridgehead atoms. The van der Waals surface area contributed by atoms with E-state index < -0.39 is 0 Å². The van der Waals surface area contributed by atoms with E-state index in [4.69, 9.17) is 21.6 Å². The van der Waals surface area contributed by atoms with Crippen molar-refractivity contribution >= 4 is 39.3 Å². The first-order valence-electron chi connectivity index (χ1n) is 8.51. The summed E-state index contributed by atoms with van der Waals surface area (Å²) in [4.78, 5) is 25.5. The third-order valence-electron chi connectivity index (χ3n) is 4.14. The molecular weight excluding hydrogens is 422 g/mol. The highest BCUT2D eigenvalue weighted by Crippen LogP contribution is 2.27. The van der Waals surface area contributed by atoms with Gasteiger partial charge in [0.2, 0.25) is 11.8 Å². The van der Waals surface area contributed by atoms with E-state index in [9.17, 15) is 9.59 Å². The van der Waals surface area contributed by atoms with Gasteiger partial charge in [-0.15, -0.1) is 0 Å². The zero-order valence-corrected chi connectivity index (χ0v) is 16.7. The summed E-state index contributed by atoms with van der Waals surface area (Å²) in [6.45, 7) is 1.67. The van der Waals surface area contributed by atoms with Crippen molar-refractivity contribution in [1.29, 1.82) is 5.26 Å². The largest absolute Gasteiger partial charge is 0.492 e. The molecule has 1 N–H and O–H groups in total. The van der Waals surface area contributed by atoms with Crippen LogP contribution in [0.15, 0.2) is 22.7 Å². The Balaban J connectivity index is 1.65. The van der Waals surface area contributed by atoms with Crippen molar-refractivity contribution in [1.82, 2.24) is 10.2 Å². The molecule has 2 rings (SSSR count). The van der Waals surface area contributed by atoms with Crippen LogP contribution in [0.5, 0.6) is 5.75 Å². The van der Waals surface area contributed by atoms with Gasteiger partial charge in [-0.05, 0) is 37.5 Å². The lowest BCUT2D eigenvalue weighted by Gasteiger charge is -2.32. The molecule has 1 aliphatic rings. The fourth-order valence-electron chi connectivity index (χ4n) is 2.78. The second-order valence-corrected chi connectivity index (χ2v) is 7.41. The highest BCUT2D eigenvalue weighted by atomic mass is 79.9. The normalized spacial score (nSPS) is 14.6. The number of nitriles is 1. The van der Waals surface area contributed by atoms with E-state index in [0.29, 0.717) is 56.2 Å². The van der Waals surface area contributed by atoms with Crippen molar-refractivity contribution < 1.29 is 14.3 Å². The van der Waals surface area contributed by atoms with Gasteiger partial charge in [-0.2, -0.15) is 5.26 Å². The van der Waals surface area contributed by atoms with Gasteiger partial charge < -0.3 is 15.0 Å². The maximum Gasteiger partial charge on any atom is 0.234 e. The predicted molar refractivity (Wildman–Crippen MR) is 102 cm³/mol. The van der Waals surface area contributed by atoms with Crippen LogP contribution in [0.3, 0.4) is 0 Å². The number of likely N-dealkylation sites (tertiary alicyclic amines) is 1. The first-order chi connectivity index (χ1) is 12.5. The zero-order valence-electron chi connectivity index (χ0n) is 14.3. The van der Waals surface area contributed by atoms with E-state index in [1.54, 1.807) is 12.1 Å². The van der Waals surface area contributed by atoms with Gasteiger partial charge >= 0.3 is 0 Å². The Morgan fingerprint density at radius 3 is 2.77 bits per heavy atom. The number of amides is 2. The second kappa shape index (κ2) is 10.4. The molecule has 0 radical (unpaired) electrons. The number of hydrogen-bond donors (Lipinski definition) is 1. The van der Waals surface area contributed by atoms with Crippen LogP contribution in [-0.2, 0) is 9.59 Å². The molecule has 0 saturated carbocycles. The van der Waals surface area contributed by atoms with E-state index in [2.05, 4.69) is 21.2 Å². The molecule has 0 atom stereocenters. The van der Waals surface area contributed by atoms with Crippen molar-refractivity contribution in [2.24, 2.45) is 0 Å². The van der Waals surface area contributed by atoms with Crippen LogP contribution < -0.4 is 10.1 Å². The Bertz CT molecular complexity index is 685. The summed E-state index contributed by atoms with van der Waals surface area (Å²) in [6, 6.07) is 7.29. The minimum atomic E-state index is -0.249. The highest BCUT2D eigenvalue weighted by molar-refractivity contribution is 9.10. The third kappa shape index (κ3) is 6.50. The molecule has 2 amide bonds. The lowest BCUT2D eigenvalue weighted by molar-refractivity contribution is -0.132. The van der Waals surface area contributed by atoms with Crippen LogP contribution >= 0.6 is 27.5 Å². The van der Waals surface area contributed by atoms with Crippen molar-refractivity contribution in [3.63, 3.8) is 0 Å². The van der Waals surface area contributed by atoms with Gasteiger partial charge in [-0.25, -0.2) is 0 Å². The van der Waals surface area contributed by atoms with Crippen LogP contribution in [-0.4, -0.2) is 42.5 Å². The maximum atomic E-state index is 12.3. The Morgan fingerprint density at radius 1 is 1.38 bits per heavy atom. The van der Waals surface area contributed by atoms with Gasteiger partial charge in [0.15, 0.2) is 0 Å². The number of halogens is 2. The van der Waals surface area contributed by atoms with Crippen molar-refractivity contribution in [3.8, 4) is 11.8 Å². The zero-order chi connectivity index (χ0) is 18.9. The summed E-state index contributed by atoms with van der Waals surface area (Å²) < 4.78 is 6.50. The fraction of sp³-hybridized carbons (Fsp3) is 0.500. The van der Waals surface area contributed by atoms with Gasteiger partial charge in [0.05, 0.1) is 17.7 Å². The molecule has 1 aromatic rings. The van der Waals surface area contributed by atoms with Crippen LogP contribution in [0.1, 0.15) is 32.1 Å². The van der Waals surface area contributed by atoms with Gasteiger partial charge in [0, 0.05) is 30.0 Å².